The van der Waals surface area contributed by atoms with Gasteiger partial charge in [-0.3, -0.25) is 9.69 Å². The Morgan fingerprint density at radius 1 is 1.40 bits per heavy atom. The lowest BCUT2D eigenvalue weighted by Crippen LogP contribution is -2.33. The van der Waals surface area contributed by atoms with Gasteiger partial charge in [0.2, 0.25) is 5.91 Å². The van der Waals surface area contributed by atoms with Gasteiger partial charge in [0.15, 0.2) is 0 Å². The fourth-order valence-electron chi connectivity index (χ4n) is 2.80. The molecule has 1 amide bonds. The first-order valence-corrected chi connectivity index (χ1v) is 7.86. The number of hydrogen-bond acceptors (Lipinski definition) is 2. The first-order valence-electron chi connectivity index (χ1n) is 7.33. The molecule has 20 heavy (non-hydrogen) atoms. The number of carbonyl (C=O) groups is 1. The minimum absolute atomic E-state index is 0.0697. The normalized spacial score (nSPS) is 18.8. The molecule has 1 aliphatic heterocycles. The van der Waals surface area contributed by atoms with Gasteiger partial charge >= 0.3 is 0 Å². The van der Waals surface area contributed by atoms with Crippen molar-refractivity contribution in [3.8, 4) is 0 Å². The van der Waals surface area contributed by atoms with Crippen molar-refractivity contribution in [2.24, 2.45) is 5.92 Å². The van der Waals surface area contributed by atoms with Crippen LogP contribution in [0.15, 0.2) is 30.3 Å². The molecule has 0 aliphatic carbocycles. The van der Waals surface area contributed by atoms with Crippen LogP contribution in [-0.2, 0) is 11.3 Å². The van der Waals surface area contributed by atoms with Gasteiger partial charge in [-0.05, 0) is 24.4 Å². The highest BCUT2D eigenvalue weighted by atomic mass is 35.5. The molecule has 3 nitrogen and oxygen atoms in total. The molecule has 0 saturated carbocycles. The van der Waals surface area contributed by atoms with Gasteiger partial charge in [0, 0.05) is 26.2 Å². The van der Waals surface area contributed by atoms with E-state index >= 15 is 0 Å². The molecule has 0 aromatic heterocycles. The summed E-state index contributed by atoms with van der Waals surface area (Å²) in [4.78, 5) is 15.9. The van der Waals surface area contributed by atoms with Crippen molar-refractivity contribution in [2.75, 3.05) is 32.1 Å². The molecule has 2 rings (SSSR count). The van der Waals surface area contributed by atoms with E-state index in [0.717, 1.165) is 39.1 Å². The van der Waals surface area contributed by atoms with Gasteiger partial charge < -0.3 is 4.90 Å². The van der Waals surface area contributed by atoms with Crippen LogP contribution in [0.4, 0.5) is 0 Å². The van der Waals surface area contributed by atoms with E-state index in [1.807, 2.05) is 11.0 Å². The summed E-state index contributed by atoms with van der Waals surface area (Å²) < 4.78 is 0. The highest BCUT2D eigenvalue weighted by Crippen LogP contribution is 2.19. The minimum Gasteiger partial charge on any atom is -0.341 e. The maximum absolute atomic E-state index is 11.6. The van der Waals surface area contributed by atoms with E-state index in [1.165, 1.54) is 5.56 Å². The van der Waals surface area contributed by atoms with Crippen LogP contribution >= 0.6 is 11.6 Å². The third-order valence-corrected chi connectivity index (χ3v) is 4.19. The molecule has 1 atom stereocenters. The highest BCUT2D eigenvalue weighted by Gasteiger charge is 2.26. The topological polar surface area (TPSA) is 23.6 Å². The van der Waals surface area contributed by atoms with Gasteiger partial charge in [0.05, 0.1) is 0 Å². The average Bonchev–Trinajstić information content (AvgIpc) is 2.95. The minimum atomic E-state index is 0.0697. The van der Waals surface area contributed by atoms with E-state index < -0.39 is 0 Å². The lowest BCUT2D eigenvalue weighted by molar-refractivity contribution is -0.127. The van der Waals surface area contributed by atoms with Crippen molar-refractivity contribution in [2.45, 2.75) is 19.9 Å². The fourth-order valence-corrected chi connectivity index (χ4v) is 2.97. The Hall–Kier alpha value is -1.06. The lowest BCUT2D eigenvalue weighted by atomic mass is 10.1. The molecule has 1 aromatic rings. The zero-order chi connectivity index (χ0) is 14.4. The Kier molecular flexibility index (Phi) is 5.86. The van der Waals surface area contributed by atoms with E-state index in [0.29, 0.717) is 5.92 Å². The van der Waals surface area contributed by atoms with Crippen LogP contribution in [0.5, 0.6) is 0 Å². The van der Waals surface area contributed by atoms with E-state index in [2.05, 4.69) is 36.1 Å². The predicted octanol–water partition coefficient (Wildman–Crippen LogP) is 2.60. The first-order chi connectivity index (χ1) is 9.72. The number of carbonyl (C=O) groups excluding carboxylic acids is 1. The smallest absolute Gasteiger partial charge is 0.237 e. The molecule has 1 fully saturated rings. The Bertz CT molecular complexity index is 424. The summed E-state index contributed by atoms with van der Waals surface area (Å²) >= 11 is 5.62. The molecule has 0 N–H and O–H groups in total. The van der Waals surface area contributed by atoms with Crippen LogP contribution in [0.1, 0.15) is 18.9 Å². The molecule has 1 saturated heterocycles. The summed E-state index contributed by atoms with van der Waals surface area (Å²) in [6.07, 6.45) is 1.09. The van der Waals surface area contributed by atoms with E-state index in [9.17, 15) is 4.79 Å². The van der Waals surface area contributed by atoms with Gasteiger partial charge in [-0.1, -0.05) is 37.3 Å². The SMILES string of the molecule is CCN(Cc1ccccc1)CC1CCN(C(=O)CCl)C1. The molecule has 0 bridgehead atoms. The monoisotopic (exact) mass is 294 g/mol. The van der Waals surface area contributed by atoms with Crippen molar-refractivity contribution in [1.82, 2.24) is 9.80 Å². The average molecular weight is 295 g/mol. The van der Waals surface area contributed by atoms with Crippen LogP contribution in [0.25, 0.3) is 0 Å². The van der Waals surface area contributed by atoms with Crippen molar-refractivity contribution in [3.05, 3.63) is 35.9 Å². The van der Waals surface area contributed by atoms with Gasteiger partial charge in [0.25, 0.3) is 0 Å². The van der Waals surface area contributed by atoms with Crippen molar-refractivity contribution < 1.29 is 4.79 Å². The lowest BCUT2D eigenvalue weighted by Gasteiger charge is -2.24. The van der Waals surface area contributed by atoms with Gasteiger partial charge in [-0.2, -0.15) is 0 Å². The summed E-state index contributed by atoms with van der Waals surface area (Å²) in [7, 11) is 0. The van der Waals surface area contributed by atoms with Gasteiger partial charge in [-0.25, -0.2) is 0 Å². The summed E-state index contributed by atoms with van der Waals surface area (Å²) in [5.41, 5.74) is 1.35. The Morgan fingerprint density at radius 3 is 2.80 bits per heavy atom. The van der Waals surface area contributed by atoms with E-state index in [4.69, 9.17) is 11.6 Å². The Labute approximate surface area is 126 Å². The molecule has 0 radical (unpaired) electrons. The van der Waals surface area contributed by atoms with Crippen LogP contribution in [0, 0.1) is 5.92 Å². The highest BCUT2D eigenvalue weighted by molar-refractivity contribution is 6.27. The van der Waals surface area contributed by atoms with Gasteiger partial charge in [-0.15, -0.1) is 11.6 Å². The second-order valence-corrected chi connectivity index (χ2v) is 5.71. The summed E-state index contributed by atoms with van der Waals surface area (Å²) in [6, 6.07) is 10.5. The fraction of sp³-hybridized carbons (Fsp3) is 0.562. The molecule has 1 heterocycles. The van der Waals surface area contributed by atoms with Crippen molar-refractivity contribution >= 4 is 17.5 Å². The summed E-state index contributed by atoms with van der Waals surface area (Å²) in [5.74, 6) is 0.750. The summed E-state index contributed by atoms with van der Waals surface area (Å²) in [6.45, 7) is 6.99. The molecular formula is C16H23ClN2O. The van der Waals surface area contributed by atoms with Crippen molar-refractivity contribution in [3.63, 3.8) is 0 Å². The standard InChI is InChI=1S/C16H23ClN2O/c1-2-18(11-14-6-4-3-5-7-14)12-15-8-9-19(13-15)16(20)10-17/h3-7,15H,2,8-13H2,1H3. The molecule has 1 aliphatic rings. The van der Waals surface area contributed by atoms with Crippen LogP contribution < -0.4 is 0 Å². The maximum atomic E-state index is 11.6. The second-order valence-electron chi connectivity index (χ2n) is 5.44. The number of benzene rings is 1. The molecule has 0 spiro atoms. The van der Waals surface area contributed by atoms with Crippen LogP contribution in [0.2, 0.25) is 0 Å². The molecular weight excluding hydrogens is 272 g/mol. The Morgan fingerprint density at radius 2 is 2.15 bits per heavy atom. The third kappa shape index (κ3) is 4.22. The predicted molar refractivity (Wildman–Crippen MR) is 82.8 cm³/mol. The largest absolute Gasteiger partial charge is 0.341 e. The number of nitrogens with zero attached hydrogens (tertiary/aromatic N) is 2. The van der Waals surface area contributed by atoms with Crippen molar-refractivity contribution in [1.29, 1.82) is 0 Å². The Balaban J connectivity index is 1.84. The number of amides is 1. The zero-order valence-electron chi connectivity index (χ0n) is 12.1. The quantitative estimate of drug-likeness (QED) is 0.753. The first kappa shape index (κ1) is 15.3. The maximum Gasteiger partial charge on any atom is 0.237 e. The molecule has 1 unspecified atom stereocenters. The number of hydrogen-bond donors (Lipinski definition) is 0. The number of rotatable bonds is 6. The number of halogens is 1. The number of likely N-dealkylation sites (tertiary alicyclic amines) is 1. The molecule has 110 valence electrons. The number of alkyl halides is 1. The second kappa shape index (κ2) is 7.65. The summed E-state index contributed by atoms with van der Waals surface area (Å²) in [5, 5.41) is 0. The molecule has 1 aromatic carbocycles. The van der Waals surface area contributed by atoms with Crippen LogP contribution in [-0.4, -0.2) is 47.8 Å². The van der Waals surface area contributed by atoms with Gasteiger partial charge in [0.1, 0.15) is 5.88 Å². The van der Waals surface area contributed by atoms with E-state index in [-0.39, 0.29) is 11.8 Å². The van der Waals surface area contributed by atoms with E-state index in [1.54, 1.807) is 0 Å². The van der Waals surface area contributed by atoms with Crippen LogP contribution in [0.3, 0.4) is 0 Å². The zero-order valence-corrected chi connectivity index (χ0v) is 12.9. The molecule has 4 heteroatoms. The third-order valence-electron chi connectivity index (χ3n) is 3.97.